The van der Waals surface area contributed by atoms with E-state index in [4.69, 9.17) is 10.5 Å². The number of hydrogen-bond acceptors (Lipinski definition) is 3. The Bertz CT molecular complexity index is 440. The third kappa shape index (κ3) is 2.52. The lowest BCUT2D eigenvalue weighted by molar-refractivity contribution is 0.258. The molecule has 92 valence electrons. The predicted octanol–water partition coefficient (Wildman–Crippen LogP) is 2.66. The summed E-state index contributed by atoms with van der Waals surface area (Å²) in [5, 5.41) is 3.33. The van der Waals surface area contributed by atoms with Crippen LogP contribution in [0.2, 0.25) is 0 Å². The molecular formula is C13H19N3O. The molecule has 0 spiro atoms. The molecule has 1 atom stereocenters. The van der Waals surface area contributed by atoms with Gasteiger partial charge in [-0.05, 0) is 32.4 Å². The Balaban J connectivity index is 2.33. The summed E-state index contributed by atoms with van der Waals surface area (Å²) in [6, 6.07) is 5.88. The number of hydrogen-bond donors (Lipinski definition) is 2. The number of fused-ring (bicyclic) bond motifs is 1. The summed E-state index contributed by atoms with van der Waals surface area (Å²) < 4.78 is 5.90. The quantitative estimate of drug-likeness (QED) is 0.772. The second-order valence-electron chi connectivity index (χ2n) is 4.50. The van der Waals surface area contributed by atoms with Gasteiger partial charge in [0.1, 0.15) is 11.6 Å². The van der Waals surface area contributed by atoms with E-state index in [9.17, 15) is 0 Å². The minimum atomic E-state index is -0.00769. The van der Waals surface area contributed by atoms with Gasteiger partial charge >= 0.3 is 0 Å². The van der Waals surface area contributed by atoms with Gasteiger partial charge in [-0.15, -0.1) is 0 Å². The van der Waals surface area contributed by atoms with Gasteiger partial charge in [-0.2, -0.15) is 0 Å². The van der Waals surface area contributed by atoms with E-state index in [1.54, 1.807) is 0 Å². The molecule has 0 bridgehead atoms. The minimum absolute atomic E-state index is 0.00769. The smallest absolute Gasteiger partial charge is 0.155 e. The molecule has 1 aliphatic rings. The number of nitrogens with two attached hydrogens (primary N) is 1. The summed E-state index contributed by atoms with van der Waals surface area (Å²) in [6.07, 6.45) is 0.874. The second kappa shape index (κ2) is 4.65. The van der Waals surface area contributed by atoms with Crippen LogP contribution in [0.25, 0.3) is 0 Å². The lowest BCUT2D eigenvalue weighted by Crippen LogP contribution is -2.37. The standard InChI is InChI=1S/C13H19N3O/c1-4-11-13(15-8(2)3)16-10-6-5-9(14)7-12(10)17-11/h5-8,11H,4,14H2,1-3H3,(H,15,16). The molecule has 0 amide bonds. The molecule has 0 aromatic heterocycles. The van der Waals surface area contributed by atoms with Gasteiger partial charge in [0.2, 0.25) is 0 Å². The number of ether oxygens (including phenoxy) is 1. The van der Waals surface area contributed by atoms with Gasteiger partial charge in [0.15, 0.2) is 6.10 Å². The Morgan fingerprint density at radius 3 is 2.88 bits per heavy atom. The lowest BCUT2D eigenvalue weighted by Gasteiger charge is -2.28. The van der Waals surface area contributed by atoms with Crippen molar-refractivity contribution in [1.29, 1.82) is 0 Å². The summed E-state index contributed by atoms with van der Waals surface area (Å²) in [4.78, 5) is 4.56. The van der Waals surface area contributed by atoms with Gasteiger partial charge in [-0.25, -0.2) is 0 Å². The number of anilines is 2. The van der Waals surface area contributed by atoms with E-state index in [2.05, 4.69) is 31.1 Å². The number of rotatable bonds is 2. The Morgan fingerprint density at radius 1 is 1.47 bits per heavy atom. The normalized spacial score (nSPS) is 20.9. The number of amidine groups is 1. The van der Waals surface area contributed by atoms with Crippen LogP contribution in [-0.4, -0.2) is 18.0 Å². The van der Waals surface area contributed by atoms with Crippen molar-refractivity contribution in [3.05, 3.63) is 18.2 Å². The fourth-order valence-electron chi connectivity index (χ4n) is 1.84. The van der Waals surface area contributed by atoms with Crippen LogP contribution in [0.3, 0.4) is 0 Å². The number of nitrogens with one attached hydrogen (secondary N) is 1. The molecule has 0 aliphatic carbocycles. The first-order valence-corrected chi connectivity index (χ1v) is 6.01. The zero-order valence-corrected chi connectivity index (χ0v) is 10.5. The van der Waals surface area contributed by atoms with Crippen LogP contribution in [0.5, 0.6) is 5.75 Å². The molecule has 1 unspecified atom stereocenters. The number of nitrogens with zero attached hydrogens (tertiary/aromatic N) is 1. The second-order valence-corrected chi connectivity index (χ2v) is 4.50. The molecule has 0 radical (unpaired) electrons. The van der Waals surface area contributed by atoms with Crippen LogP contribution in [0.4, 0.5) is 11.4 Å². The van der Waals surface area contributed by atoms with E-state index in [0.29, 0.717) is 5.69 Å². The van der Waals surface area contributed by atoms with Crippen LogP contribution in [0.15, 0.2) is 23.2 Å². The number of aliphatic imine (C=N–C) groups is 1. The first kappa shape index (κ1) is 11.8. The maximum absolute atomic E-state index is 5.90. The van der Waals surface area contributed by atoms with E-state index < -0.39 is 0 Å². The molecule has 2 rings (SSSR count). The molecule has 1 heterocycles. The topological polar surface area (TPSA) is 59.6 Å². The fourth-order valence-corrected chi connectivity index (χ4v) is 1.84. The molecule has 3 N–H and O–H groups in total. The Labute approximate surface area is 102 Å². The molecule has 1 aromatic rings. The molecule has 17 heavy (non-hydrogen) atoms. The summed E-state index contributed by atoms with van der Waals surface area (Å²) in [5.41, 5.74) is 7.39. The van der Waals surface area contributed by atoms with Crippen molar-refractivity contribution in [3.63, 3.8) is 0 Å². The average molecular weight is 233 g/mol. The number of benzene rings is 1. The summed E-state index contributed by atoms with van der Waals surface area (Å²) in [6.45, 7) is 6.19. The maximum Gasteiger partial charge on any atom is 0.155 e. The first-order chi connectivity index (χ1) is 8.10. The molecule has 0 saturated carbocycles. The van der Waals surface area contributed by atoms with Gasteiger partial charge in [0, 0.05) is 17.8 Å². The molecule has 1 aromatic carbocycles. The van der Waals surface area contributed by atoms with E-state index in [1.165, 1.54) is 0 Å². The van der Waals surface area contributed by atoms with Gasteiger partial charge in [0.05, 0.1) is 5.69 Å². The molecule has 0 fully saturated rings. The zero-order chi connectivity index (χ0) is 12.4. The number of nitrogen functional groups attached to an aromatic ring is 1. The molecule has 0 saturated heterocycles. The molecular weight excluding hydrogens is 214 g/mol. The predicted molar refractivity (Wildman–Crippen MR) is 71.8 cm³/mol. The van der Waals surface area contributed by atoms with Crippen molar-refractivity contribution >= 4 is 17.2 Å². The Kier molecular flexibility index (Phi) is 3.22. The third-order valence-electron chi connectivity index (χ3n) is 2.61. The largest absolute Gasteiger partial charge is 0.480 e. The first-order valence-electron chi connectivity index (χ1n) is 6.01. The van der Waals surface area contributed by atoms with Crippen molar-refractivity contribution in [2.24, 2.45) is 4.99 Å². The molecule has 4 nitrogen and oxygen atoms in total. The van der Waals surface area contributed by atoms with Crippen molar-refractivity contribution < 1.29 is 4.74 Å². The van der Waals surface area contributed by atoms with Crippen molar-refractivity contribution in [2.45, 2.75) is 39.3 Å². The average Bonchev–Trinajstić information content (AvgIpc) is 2.28. The SMILES string of the molecule is CCC1Oc2cc(N)ccc2NC1=NC(C)C. The van der Waals surface area contributed by atoms with Crippen LogP contribution >= 0.6 is 0 Å². The van der Waals surface area contributed by atoms with E-state index in [0.717, 1.165) is 23.7 Å². The van der Waals surface area contributed by atoms with Crippen LogP contribution in [0.1, 0.15) is 27.2 Å². The lowest BCUT2D eigenvalue weighted by atomic mass is 10.1. The summed E-state index contributed by atoms with van der Waals surface area (Å²) >= 11 is 0. The van der Waals surface area contributed by atoms with Crippen LogP contribution < -0.4 is 15.8 Å². The fraction of sp³-hybridized carbons (Fsp3) is 0.462. The minimum Gasteiger partial charge on any atom is -0.480 e. The highest BCUT2D eigenvalue weighted by Gasteiger charge is 2.24. The molecule has 1 aliphatic heterocycles. The van der Waals surface area contributed by atoms with Gasteiger partial charge in [-0.3, -0.25) is 4.99 Å². The Morgan fingerprint density at radius 2 is 2.24 bits per heavy atom. The van der Waals surface area contributed by atoms with Crippen molar-refractivity contribution in [3.8, 4) is 5.75 Å². The molecule has 4 heteroatoms. The van der Waals surface area contributed by atoms with Crippen molar-refractivity contribution in [2.75, 3.05) is 11.1 Å². The van der Waals surface area contributed by atoms with Gasteiger partial charge in [0.25, 0.3) is 0 Å². The van der Waals surface area contributed by atoms with Gasteiger partial charge < -0.3 is 15.8 Å². The highest BCUT2D eigenvalue weighted by molar-refractivity contribution is 6.02. The highest BCUT2D eigenvalue weighted by atomic mass is 16.5. The van der Waals surface area contributed by atoms with Crippen LogP contribution in [0, 0.1) is 0 Å². The van der Waals surface area contributed by atoms with E-state index in [1.807, 2.05) is 18.2 Å². The zero-order valence-electron chi connectivity index (χ0n) is 10.5. The maximum atomic E-state index is 5.90. The summed E-state index contributed by atoms with van der Waals surface area (Å²) in [7, 11) is 0. The van der Waals surface area contributed by atoms with Gasteiger partial charge in [-0.1, -0.05) is 6.92 Å². The van der Waals surface area contributed by atoms with E-state index >= 15 is 0 Å². The monoisotopic (exact) mass is 233 g/mol. The van der Waals surface area contributed by atoms with E-state index in [-0.39, 0.29) is 12.1 Å². The van der Waals surface area contributed by atoms with Crippen molar-refractivity contribution in [1.82, 2.24) is 0 Å². The summed E-state index contributed by atoms with van der Waals surface area (Å²) in [5.74, 6) is 1.71. The van der Waals surface area contributed by atoms with Crippen LogP contribution in [-0.2, 0) is 0 Å². The highest BCUT2D eigenvalue weighted by Crippen LogP contribution is 2.32. The third-order valence-corrected chi connectivity index (χ3v) is 2.61. The Hall–Kier alpha value is -1.71.